The smallest absolute Gasteiger partial charge is 0.123 e. The molecular formula is C16H27NO. The van der Waals surface area contributed by atoms with Crippen LogP contribution in [0.4, 0.5) is 0 Å². The monoisotopic (exact) mass is 249 g/mol. The third kappa shape index (κ3) is 4.69. The van der Waals surface area contributed by atoms with E-state index in [-0.39, 0.29) is 6.10 Å². The molecule has 1 aromatic rings. The van der Waals surface area contributed by atoms with Crippen molar-refractivity contribution in [3.05, 3.63) is 29.3 Å². The van der Waals surface area contributed by atoms with Crippen molar-refractivity contribution >= 4 is 0 Å². The molecule has 102 valence electrons. The molecule has 0 aliphatic carbocycles. The van der Waals surface area contributed by atoms with Crippen molar-refractivity contribution in [2.24, 2.45) is 0 Å². The number of rotatable bonds is 7. The van der Waals surface area contributed by atoms with Crippen LogP contribution in [0.5, 0.6) is 5.75 Å². The van der Waals surface area contributed by atoms with Crippen LogP contribution >= 0.6 is 0 Å². The second-order valence-electron chi connectivity index (χ2n) is 5.27. The molecule has 0 saturated heterocycles. The van der Waals surface area contributed by atoms with Gasteiger partial charge in [0.1, 0.15) is 5.75 Å². The first kappa shape index (κ1) is 15.0. The molecule has 0 fully saturated rings. The van der Waals surface area contributed by atoms with E-state index in [2.05, 4.69) is 58.1 Å². The molecule has 18 heavy (non-hydrogen) atoms. The van der Waals surface area contributed by atoms with Crippen molar-refractivity contribution in [3.8, 4) is 5.75 Å². The molecule has 0 heterocycles. The summed E-state index contributed by atoms with van der Waals surface area (Å²) in [7, 11) is 0. The van der Waals surface area contributed by atoms with Gasteiger partial charge in [-0.05, 0) is 56.5 Å². The van der Waals surface area contributed by atoms with Crippen LogP contribution in [-0.2, 0) is 0 Å². The lowest BCUT2D eigenvalue weighted by Crippen LogP contribution is -2.22. The van der Waals surface area contributed by atoms with Crippen LogP contribution in [-0.4, -0.2) is 19.2 Å². The van der Waals surface area contributed by atoms with E-state index in [1.165, 1.54) is 11.1 Å². The summed E-state index contributed by atoms with van der Waals surface area (Å²) in [5.41, 5.74) is 2.56. The molecule has 0 aromatic heterocycles. The van der Waals surface area contributed by atoms with Gasteiger partial charge in [0, 0.05) is 0 Å². The van der Waals surface area contributed by atoms with Crippen LogP contribution < -0.4 is 10.1 Å². The molecular weight excluding hydrogens is 222 g/mol. The maximum absolute atomic E-state index is 6.09. The molecule has 0 aliphatic heterocycles. The van der Waals surface area contributed by atoms with Crippen molar-refractivity contribution in [3.63, 3.8) is 0 Å². The summed E-state index contributed by atoms with van der Waals surface area (Å²) in [5, 5.41) is 3.33. The lowest BCUT2D eigenvalue weighted by atomic mass is 10.0. The summed E-state index contributed by atoms with van der Waals surface area (Å²) in [6.07, 6.45) is 1.29. The van der Waals surface area contributed by atoms with Gasteiger partial charge in [-0.15, -0.1) is 0 Å². The quantitative estimate of drug-likeness (QED) is 0.740. The van der Waals surface area contributed by atoms with Crippen molar-refractivity contribution < 1.29 is 4.74 Å². The highest BCUT2D eigenvalue weighted by molar-refractivity contribution is 5.39. The fourth-order valence-corrected chi connectivity index (χ4v) is 1.98. The molecule has 0 radical (unpaired) electrons. The Hall–Kier alpha value is -1.02. The molecule has 0 aliphatic rings. The third-order valence-electron chi connectivity index (χ3n) is 3.10. The van der Waals surface area contributed by atoms with Crippen LogP contribution in [0.25, 0.3) is 0 Å². The molecule has 0 saturated carbocycles. The first-order chi connectivity index (χ1) is 8.54. The van der Waals surface area contributed by atoms with Gasteiger partial charge in [0.25, 0.3) is 0 Å². The predicted molar refractivity (Wildman–Crippen MR) is 78.5 cm³/mol. The zero-order valence-corrected chi connectivity index (χ0v) is 12.4. The van der Waals surface area contributed by atoms with Gasteiger partial charge in [0.05, 0.1) is 6.10 Å². The molecule has 0 spiro atoms. The number of ether oxygens (including phenoxy) is 1. The standard InChI is InChI=1S/C16H27NO/c1-6-17-10-9-14(5)18-16-11-13(4)7-8-15(16)12(2)3/h7-8,11-12,14,17H,6,9-10H2,1-5H3. The van der Waals surface area contributed by atoms with Crippen LogP contribution in [0, 0.1) is 6.92 Å². The van der Waals surface area contributed by atoms with Gasteiger partial charge in [-0.3, -0.25) is 0 Å². The average Bonchev–Trinajstić information content (AvgIpc) is 2.29. The first-order valence-corrected chi connectivity index (χ1v) is 7.02. The molecule has 1 rings (SSSR count). The Morgan fingerprint density at radius 3 is 2.56 bits per heavy atom. The summed E-state index contributed by atoms with van der Waals surface area (Å²) in [5.74, 6) is 1.55. The zero-order valence-electron chi connectivity index (χ0n) is 12.4. The Balaban J connectivity index is 2.67. The van der Waals surface area contributed by atoms with E-state index in [0.29, 0.717) is 5.92 Å². The molecule has 1 atom stereocenters. The Labute approximate surface area is 112 Å². The van der Waals surface area contributed by atoms with Crippen LogP contribution in [0.15, 0.2) is 18.2 Å². The Bertz CT molecular complexity index is 360. The van der Waals surface area contributed by atoms with Gasteiger partial charge in [0.15, 0.2) is 0 Å². The van der Waals surface area contributed by atoms with E-state index in [1.54, 1.807) is 0 Å². The maximum atomic E-state index is 6.09. The van der Waals surface area contributed by atoms with Gasteiger partial charge in [0.2, 0.25) is 0 Å². The minimum Gasteiger partial charge on any atom is -0.490 e. The fraction of sp³-hybridized carbons (Fsp3) is 0.625. The highest BCUT2D eigenvalue weighted by atomic mass is 16.5. The molecule has 1 aromatic carbocycles. The van der Waals surface area contributed by atoms with Crippen molar-refractivity contribution in [1.82, 2.24) is 5.32 Å². The van der Waals surface area contributed by atoms with Crippen molar-refractivity contribution in [1.29, 1.82) is 0 Å². The van der Waals surface area contributed by atoms with Crippen molar-refractivity contribution in [2.45, 2.75) is 53.1 Å². The van der Waals surface area contributed by atoms with Gasteiger partial charge in [-0.2, -0.15) is 0 Å². The minimum absolute atomic E-state index is 0.253. The third-order valence-corrected chi connectivity index (χ3v) is 3.10. The van der Waals surface area contributed by atoms with E-state index in [0.717, 1.165) is 25.3 Å². The molecule has 2 heteroatoms. The van der Waals surface area contributed by atoms with Gasteiger partial charge >= 0.3 is 0 Å². The first-order valence-electron chi connectivity index (χ1n) is 7.02. The van der Waals surface area contributed by atoms with E-state index < -0.39 is 0 Å². The number of nitrogens with one attached hydrogen (secondary N) is 1. The molecule has 2 nitrogen and oxygen atoms in total. The molecule has 1 unspecified atom stereocenters. The van der Waals surface area contributed by atoms with E-state index in [1.807, 2.05) is 0 Å². The lowest BCUT2D eigenvalue weighted by Gasteiger charge is -2.19. The van der Waals surface area contributed by atoms with E-state index in [9.17, 15) is 0 Å². The topological polar surface area (TPSA) is 21.3 Å². The van der Waals surface area contributed by atoms with Gasteiger partial charge in [-0.1, -0.05) is 32.9 Å². The summed E-state index contributed by atoms with van der Waals surface area (Å²) in [6, 6.07) is 6.50. The lowest BCUT2D eigenvalue weighted by molar-refractivity contribution is 0.207. The highest BCUT2D eigenvalue weighted by Crippen LogP contribution is 2.28. The molecule has 0 bridgehead atoms. The second-order valence-corrected chi connectivity index (χ2v) is 5.27. The SMILES string of the molecule is CCNCCC(C)Oc1cc(C)ccc1C(C)C. The molecule has 0 amide bonds. The number of benzene rings is 1. The Kier molecular flexibility index (Phi) is 6.20. The number of hydrogen-bond acceptors (Lipinski definition) is 2. The number of hydrogen-bond donors (Lipinski definition) is 1. The summed E-state index contributed by atoms with van der Waals surface area (Å²) < 4.78 is 6.09. The minimum atomic E-state index is 0.253. The molecule has 1 N–H and O–H groups in total. The largest absolute Gasteiger partial charge is 0.490 e. The summed E-state index contributed by atoms with van der Waals surface area (Å²) in [4.78, 5) is 0. The second kappa shape index (κ2) is 7.42. The van der Waals surface area contributed by atoms with E-state index in [4.69, 9.17) is 4.74 Å². The van der Waals surface area contributed by atoms with Crippen molar-refractivity contribution in [2.75, 3.05) is 13.1 Å². The summed E-state index contributed by atoms with van der Waals surface area (Å²) >= 11 is 0. The Morgan fingerprint density at radius 1 is 1.22 bits per heavy atom. The van der Waals surface area contributed by atoms with E-state index >= 15 is 0 Å². The van der Waals surface area contributed by atoms with Crippen LogP contribution in [0.3, 0.4) is 0 Å². The van der Waals surface area contributed by atoms with Gasteiger partial charge in [-0.25, -0.2) is 0 Å². The van der Waals surface area contributed by atoms with Crippen LogP contribution in [0.1, 0.15) is 51.2 Å². The summed E-state index contributed by atoms with van der Waals surface area (Å²) in [6.45, 7) is 12.8. The fourth-order valence-electron chi connectivity index (χ4n) is 1.98. The van der Waals surface area contributed by atoms with Crippen LogP contribution in [0.2, 0.25) is 0 Å². The normalized spacial score (nSPS) is 12.8. The zero-order chi connectivity index (χ0) is 13.5. The average molecular weight is 249 g/mol. The maximum Gasteiger partial charge on any atom is 0.123 e. The van der Waals surface area contributed by atoms with Gasteiger partial charge < -0.3 is 10.1 Å². The Morgan fingerprint density at radius 2 is 1.94 bits per heavy atom. The predicted octanol–water partition coefficient (Wildman–Crippen LogP) is 3.89. The highest BCUT2D eigenvalue weighted by Gasteiger charge is 2.11. The number of aryl methyl sites for hydroxylation is 1.